The number of aryl methyl sites for hydroxylation is 1. The van der Waals surface area contributed by atoms with Gasteiger partial charge in [0.1, 0.15) is 0 Å². The van der Waals surface area contributed by atoms with Gasteiger partial charge in [-0.2, -0.15) is 0 Å². The molecule has 0 saturated carbocycles. The molecule has 1 rings (SSSR count). The minimum Gasteiger partial charge on any atom is -0.381 e. The summed E-state index contributed by atoms with van der Waals surface area (Å²) in [4.78, 5) is 0. The summed E-state index contributed by atoms with van der Waals surface area (Å²) in [5.41, 5.74) is 2.32. The van der Waals surface area contributed by atoms with Crippen molar-refractivity contribution in [1.82, 2.24) is 0 Å². The maximum Gasteiger partial charge on any atom is 0.0640 e. The maximum atomic E-state index is 6.17. The van der Waals surface area contributed by atoms with Crippen molar-refractivity contribution >= 4 is 17.3 Å². The van der Waals surface area contributed by atoms with E-state index in [1.165, 1.54) is 18.4 Å². The van der Waals surface area contributed by atoms with Gasteiger partial charge in [0.15, 0.2) is 0 Å². The summed E-state index contributed by atoms with van der Waals surface area (Å²) >= 11 is 6.17. The van der Waals surface area contributed by atoms with E-state index in [9.17, 15) is 0 Å². The average Bonchev–Trinajstić information content (AvgIpc) is 2.22. The van der Waals surface area contributed by atoms with Crippen molar-refractivity contribution in [3.8, 4) is 0 Å². The second-order valence-electron chi connectivity index (χ2n) is 3.97. The fraction of sp³-hybridized carbons (Fsp3) is 0.538. The first-order valence-corrected chi connectivity index (χ1v) is 6.08. The quantitative estimate of drug-likeness (QED) is 0.770. The van der Waals surface area contributed by atoms with Gasteiger partial charge in [-0.15, -0.1) is 0 Å². The number of rotatable bonds is 5. The molecule has 0 bridgehead atoms. The molecule has 0 fully saturated rings. The van der Waals surface area contributed by atoms with Crippen molar-refractivity contribution in [2.75, 3.05) is 5.32 Å². The van der Waals surface area contributed by atoms with Crippen LogP contribution in [-0.4, -0.2) is 6.04 Å². The zero-order valence-corrected chi connectivity index (χ0v) is 10.6. The molecule has 1 unspecified atom stereocenters. The molecular weight excluding hydrogens is 206 g/mol. The highest BCUT2D eigenvalue weighted by molar-refractivity contribution is 6.33. The van der Waals surface area contributed by atoms with Crippen molar-refractivity contribution in [3.63, 3.8) is 0 Å². The summed E-state index contributed by atoms with van der Waals surface area (Å²) in [6.45, 7) is 6.51. The Hall–Kier alpha value is -0.690. The van der Waals surface area contributed by atoms with Crippen LogP contribution in [0.15, 0.2) is 18.2 Å². The summed E-state index contributed by atoms with van der Waals surface area (Å²) in [6, 6.07) is 6.56. The van der Waals surface area contributed by atoms with E-state index in [2.05, 4.69) is 32.2 Å². The Morgan fingerprint density at radius 2 is 2.07 bits per heavy atom. The first kappa shape index (κ1) is 12.4. The summed E-state index contributed by atoms with van der Waals surface area (Å²) in [6.07, 6.45) is 3.54. The lowest BCUT2D eigenvalue weighted by atomic mass is 10.1. The Balaban J connectivity index is 2.78. The molecule has 0 amide bonds. The van der Waals surface area contributed by atoms with E-state index in [-0.39, 0.29) is 0 Å². The van der Waals surface area contributed by atoms with Crippen LogP contribution in [0.2, 0.25) is 5.02 Å². The van der Waals surface area contributed by atoms with Crippen molar-refractivity contribution in [2.24, 2.45) is 0 Å². The Labute approximate surface area is 97.8 Å². The molecule has 1 atom stereocenters. The van der Waals surface area contributed by atoms with E-state index in [4.69, 9.17) is 11.6 Å². The van der Waals surface area contributed by atoms with E-state index in [1.54, 1.807) is 0 Å². The predicted molar refractivity (Wildman–Crippen MR) is 68.8 cm³/mol. The lowest BCUT2D eigenvalue weighted by Crippen LogP contribution is -2.18. The molecule has 0 spiro atoms. The Morgan fingerprint density at radius 3 is 2.60 bits per heavy atom. The number of hydrogen-bond acceptors (Lipinski definition) is 1. The number of hydrogen-bond donors (Lipinski definition) is 1. The monoisotopic (exact) mass is 225 g/mol. The smallest absolute Gasteiger partial charge is 0.0640 e. The summed E-state index contributed by atoms with van der Waals surface area (Å²) in [7, 11) is 0. The van der Waals surface area contributed by atoms with Crippen molar-refractivity contribution < 1.29 is 0 Å². The molecular formula is C13H20ClN. The molecule has 0 aromatic heterocycles. The van der Waals surface area contributed by atoms with E-state index in [0.29, 0.717) is 6.04 Å². The van der Waals surface area contributed by atoms with Crippen LogP contribution in [0.3, 0.4) is 0 Å². The molecule has 0 aliphatic heterocycles. The lowest BCUT2D eigenvalue weighted by molar-refractivity contribution is 0.622. The van der Waals surface area contributed by atoms with Gasteiger partial charge in [-0.25, -0.2) is 0 Å². The van der Waals surface area contributed by atoms with Crippen LogP contribution in [0.4, 0.5) is 5.69 Å². The van der Waals surface area contributed by atoms with Crippen LogP contribution in [0, 0.1) is 6.92 Å². The molecule has 1 aromatic rings. The van der Waals surface area contributed by atoms with Crippen LogP contribution in [0.5, 0.6) is 0 Å². The van der Waals surface area contributed by atoms with Gasteiger partial charge >= 0.3 is 0 Å². The third-order valence-corrected chi connectivity index (χ3v) is 3.02. The van der Waals surface area contributed by atoms with Gasteiger partial charge in [-0.05, 0) is 31.4 Å². The molecule has 0 aliphatic rings. The number of para-hydroxylation sites is 1. The predicted octanol–water partition coefficient (Wildman–Crippen LogP) is 4.64. The van der Waals surface area contributed by atoms with Crippen LogP contribution in [0.25, 0.3) is 0 Å². The SMILES string of the molecule is CCCC(CC)Nc1c(C)cccc1Cl. The van der Waals surface area contributed by atoms with Crippen molar-refractivity contribution in [2.45, 2.75) is 46.1 Å². The lowest BCUT2D eigenvalue weighted by Gasteiger charge is -2.20. The van der Waals surface area contributed by atoms with Gasteiger partial charge < -0.3 is 5.32 Å². The fourth-order valence-electron chi connectivity index (χ4n) is 1.75. The highest BCUT2D eigenvalue weighted by Crippen LogP contribution is 2.26. The molecule has 15 heavy (non-hydrogen) atoms. The van der Waals surface area contributed by atoms with Gasteiger partial charge in [0.25, 0.3) is 0 Å². The number of benzene rings is 1. The van der Waals surface area contributed by atoms with E-state index in [1.807, 2.05) is 12.1 Å². The van der Waals surface area contributed by atoms with Gasteiger partial charge in [0.05, 0.1) is 10.7 Å². The highest BCUT2D eigenvalue weighted by Gasteiger charge is 2.08. The average molecular weight is 226 g/mol. The molecule has 0 saturated heterocycles. The van der Waals surface area contributed by atoms with E-state index >= 15 is 0 Å². The number of anilines is 1. The standard InChI is InChI=1S/C13H20ClN/c1-4-7-11(5-2)15-13-10(3)8-6-9-12(13)14/h6,8-9,11,15H,4-5,7H2,1-3H3. The van der Waals surface area contributed by atoms with Crippen LogP contribution >= 0.6 is 11.6 Å². The molecule has 84 valence electrons. The Morgan fingerprint density at radius 1 is 1.33 bits per heavy atom. The van der Waals surface area contributed by atoms with Crippen LogP contribution in [-0.2, 0) is 0 Å². The zero-order chi connectivity index (χ0) is 11.3. The van der Waals surface area contributed by atoms with E-state index < -0.39 is 0 Å². The normalized spacial score (nSPS) is 12.5. The minimum atomic E-state index is 0.536. The summed E-state index contributed by atoms with van der Waals surface area (Å²) in [5.74, 6) is 0. The zero-order valence-electron chi connectivity index (χ0n) is 9.81. The minimum absolute atomic E-state index is 0.536. The Bertz CT molecular complexity index is 289. The topological polar surface area (TPSA) is 12.0 Å². The van der Waals surface area contributed by atoms with Gasteiger partial charge in [0, 0.05) is 6.04 Å². The van der Waals surface area contributed by atoms with E-state index in [0.717, 1.165) is 17.1 Å². The number of nitrogens with one attached hydrogen (secondary N) is 1. The van der Waals surface area contributed by atoms with Gasteiger partial charge in [-0.3, -0.25) is 0 Å². The molecule has 1 aromatic carbocycles. The third kappa shape index (κ3) is 3.42. The first-order valence-electron chi connectivity index (χ1n) is 5.70. The second-order valence-corrected chi connectivity index (χ2v) is 4.38. The number of halogens is 1. The second kappa shape index (κ2) is 6.02. The molecule has 0 radical (unpaired) electrons. The Kier molecular flexibility index (Phi) is 4.97. The van der Waals surface area contributed by atoms with Crippen LogP contribution in [0.1, 0.15) is 38.7 Å². The van der Waals surface area contributed by atoms with Gasteiger partial charge in [0.2, 0.25) is 0 Å². The molecule has 1 N–H and O–H groups in total. The highest BCUT2D eigenvalue weighted by atomic mass is 35.5. The van der Waals surface area contributed by atoms with Gasteiger partial charge in [-0.1, -0.05) is 44.0 Å². The summed E-state index contributed by atoms with van der Waals surface area (Å²) < 4.78 is 0. The molecule has 0 heterocycles. The third-order valence-electron chi connectivity index (χ3n) is 2.70. The molecule has 0 aliphatic carbocycles. The van der Waals surface area contributed by atoms with Crippen LogP contribution < -0.4 is 5.32 Å². The maximum absolute atomic E-state index is 6.17. The fourth-order valence-corrected chi connectivity index (χ4v) is 2.02. The molecule has 1 nitrogen and oxygen atoms in total. The largest absolute Gasteiger partial charge is 0.381 e. The first-order chi connectivity index (χ1) is 7.19. The summed E-state index contributed by atoms with van der Waals surface area (Å²) in [5, 5.41) is 4.36. The molecule has 2 heteroatoms. The van der Waals surface area contributed by atoms with Crippen molar-refractivity contribution in [3.05, 3.63) is 28.8 Å². The van der Waals surface area contributed by atoms with Crippen molar-refractivity contribution in [1.29, 1.82) is 0 Å².